The molecule has 7 nitrogen and oxygen atoms in total. The number of carboxylic acids is 1. The van der Waals surface area contributed by atoms with Gasteiger partial charge in [0.25, 0.3) is 11.5 Å². The number of benzene rings is 2. The fraction of sp³-hybridized carbons (Fsp3) is 0.238. The number of rotatable bonds is 4. The molecule has 0 radical (unpaired) electrons. The van der Waals surface area contributed by atoms with E-state index in [2.05, 4.69) is 4.98 Å². The van der Waals surface area contributed by atoms with Gasteiger partial charge in [-0.15, -0.1) is 0 Å². The number of aromatic nitrogens is 2. The second kappa shape index (κ2) is 7.26. The number of carbonyl (C=O) groups excluding carboxylic acids is 1. The molecule has 2 aromatic carbocycles. The van der Waals surface area contributed by atoms with Crippen molar-refractivity contribution in [3.8, 4) is 0 Å². The molecule has 1 amide bonds. The third-order valence-corrected chi connectivity index (χ3v) is 5.14. The molecule has 0 bridgehead atoms. The maximum atomic E-state index is 13.4. The van der Waals surface area contributed by atoms with Crippen LogP contribution in [0.15, 0.2) is 65.7 Å². The molecule has 1 aromatic heterocycles. The number of aliphatic carboxylic acids is 1. The molecular formula is C21H19N3O4. The summed E-state index contributed by atoms with van der Waals surface area (Å²) in [7, 11) is 0. The summed E-state index contributed by atoms with van der Waals surface area (Å²) < 4.78 is 1.30. The number of fused-ring (bicyclic) bond motifs is 1. The van der Waals surface area contributed by atoms with Crippen molar-refractivity contribution in [2.75, 3.05) is 6.54 Å². The lowest BCUT2D eigenvalue weighted by molar-refractivity contribution is -0.149. The Balaban J connectivity index is 1.86. The van der Waals surface area contributed by atoms with Crippen molar-refractivity contribution < 1.29 is 14.7 Å². The van der Waals surface area contributed by atoms with Crippen molar-refractivity contribution in [2.45, 2.75) is 24.9 Å². The number of likely N-dealkylation sites (tertiary alicyclic amines) is 1. The van der Waals surface area contributed by atoms with Gasteiger partial charge < -0.3 is 10.0 Å². The van der Waals surface area contributed by atoms with Crippen LogP contribution in [0, 0.1) is 0 Å². The number of nitrogens with zero attached hydrogens (tertiary/aromatic N) is 3. The molecule has 7 heteroatoms. The predicted molar refractivity (Wildman–Crippen MR) is 103 cm³/mol. The van der Waals surface area contributed by atoms with Gasteiger partial charge in [-0.2, -0.15) is 0 Å². The SMILES string of the molecule is O=C(O)[C@H]1CCCN1C(=O)[C@H](c1ccccc1)n1cnc2ccccc2c1=O. The average molecular weight is 377 g/mol. The molecule has 2 atom stereocenters. The van der Waals surface area contributed by atoms with E-state index in [1.165, 1.54) is 15.8 Å². The van der Waals surface area contributed by atoms with E-state index in [4.69, 9.17) is 0 Å². The lowest BCUT2D eigenvalue weighted by atomic mass is 10.0. The van der Waals surface area contributed by atoms with Gasteiger partial charge in [0.1, 0.15) is 12.1 Å². The minimum Gasteiger partial charge on any atom is -0.480 e. The summed E-state index contributed by atoms with van der Waals surface area (Å²) in [5.74, 6) is -1.43. The van der Waals surface area contributed by atoms with Crippen molar-refractivity contribution in [1.82, 2.24) is 14.5 Å². The standard InChI is InChI=1S/C21H19N3O4/c25-19-15-9-4-5-10-16(15)22-13-24(19)18(14-7-2-1-3-8-14)20(26)23-12-6-11-17(23)21(27)28/h1-5,7-10,13,17-18H,6,11-12H2,(H,27,28)/t17-,18+/m1/s1. The van der Waals surface area contributed by atoms with Gasteiger partial charge in [-0.1, -0.05) is 42.5 Å². The molecule has 1 aliphatic rings. The molecule has 2 heterocycles. The van der Waals surface area contributed by atoms with E-state index in [0.717, 1.165) is 0 Å². The molecular weight excluding hydrogens is 358 g/mol. The summed E-state index contributed by atoms with van der Waals surface area (Å²) in [6.07, 6.45) is 2.40. The van der Waals surface area contributed by atoms with Crippen LogP contribution in [0.5, 0.6) is 0 Å². The Kier molecular flexibility index (Phi) is 4.65. The molecule has 0 spiro atoms. The first kappa shape index (κ1) is 17.9. The van der Waals surface area contributed by atoms with Crippen molar-refractivity contribution in [2.24, 2.45) is 0 Å². The van der Waals surface area contributed by atoms with Gasteiger partial charge >= 0.3 is 5.97 Å². The molecule has 1 N–H and O–H groups in total. The fourth-order valence-corrected chi connectivity index (χ4v) is 3.77. The number of carboxylic acid groups (broad SMARTS) is 1. The number of carbonyl (C=O) groups is 2. The van der Waals surface area contributed by atoms with E-state index >= 15 is 0 Å². The maximum Gasteiger partial charge on any atom is 0.326 e. The predicted octanol–water partition coefficient (Wildman–Crippen LogP) is 2.06. The van der Waals surface area contributed by atoms with Crippen LogP contribution in [0.25, 0.3) is 10.9 Å². The quantitative estimate of drug-likeness (QED) is 0.751. The molecule has 1 aliphatic heterocycles. The molecule has 1 fully saturated rings. The number of hydrogen-bond acceptors (Lipinski definition) is 4. The second-order valence-electron chi connectivity index (χ2n) is 6.82. The largest absolute Gasteiger partial charge is 0.480 e. The van der Waals surface area contributed by atoms with Crippen LogP contribution >= 0.6 is 0 Å². The fourth-order valence-electron chi connectivity index (χ4n) is 3.77. The summed E-state index contributed by atoms with van der Waals surface area (Å²) >= 11 is 0. The third-order valence-electron chi connectivity index (χ3n) is 5.14. The number of para-hydroxylation sites is 1. The van der Waals surface area contributed by atoms with Crippen molar-refractivity contribution >= 4 is 22.8 Å². The van der Waals surface area contributed by atoms with Crippen LogP contribution in [0.4, 0.5) is 0 Å². The highest BCUT2D eigenvalue weighted by Crippen LogP contribution is 2.26. The summed E-state index contributed by atoms with van der Waals surface area (Å²) in [4.78, 5) is 43.8. The highest BCUT2D eigenvalue weighted by molar-refractivity contribution is 5.89. The number of hydrogen-bond donors (Lipinski definition) is 1. The van der Waals surface area contributed by atoms with E-state index in [1.54, 1.807) is 48.5 Å². The Morgan fingerprint density at radius 1 is 1.07 bits per heavy atom. The minimum atomic E-state index is -1.03. The van der Waals surface area contributed by atoms with Crippen LogP contribution in [-0.4, -0.2) is 44.0 Å². The highest BCUT2D eigenvalue weighted by Gasteiger charge is 2.38. The molecule has 28 heavy (non-hydrogen) atoms. The van der Waals surface area contributed by atoms with Gasteiger partial charge in [0.15, 0.2) is 0 Å². The van der Waals surface area contributed by atoms with Crippen LogP contribution < -0.4 is 5.56 Å². The second-order valence-corrected chi connectivity index (χ2v) is 6.82. The molecule has 4 rings (SSSR count). The monoisotopic (exact) mass is 377 g/mol. The Labute approximate surface area is 160 Å². The van der Waals surface area contributed by atoms with Gasteiger partial charge in [0.2, 0.25) is 0 Å². The first-order chi connectivity index (χ1) is 13.6. The van der Waals surface area contributed by atoms with E-state index in [-0.39, 0.29) is 5.56 Å². The van der Waals surface area contributed by atoms with Gasteiger partial charge in [0.05, 0.1) is 17.2 Å². The van der Waals surface area contributed by atoms with Crippen LogP contribution in [0.3, 0.4) is 0 Å². The van der Waals surface area contributed by atoms with E-state index in [0.29, 0.717) is 35.9 Å². The van der Waals surface area contributed by atoms with Gasteiger partial charge in [0, 0.05) is 6.54 Å². The van der Waals surface area contributed by atoms with E-state index < -0.39 is 24.0 Å². The van der Waals surface area contributed by atoms with Crippen LogP contribution in [0.1, 0.15) is 24.4 Å². The van der Waals surface area contributed by atoms with E-state index in [9.17, 15) is 19.5 Å². The van der Waals surface area contributed by atoms with E-state index in [1.807, 2.05) is 6.07 Å². The first-order valence-corrected chi connectivity index (χ1v) is 9.12. The van der Waals surface area contributed by atoms with Crippen LogP contribution in [-0.2, 0) is 9.59 Å². The van der Waals surface area contributed by atoms with Crippen LogP contribution in [0.2, 0.25) is 0 Å². The summed E-state index contributed by atoms with van der Waals surface area (Å²) in [6, 6.07) is 14.0. The lowest BCUT2D eigenvalue weighted by Crippen LogP contribution is -2.46. The molecule has 0 aliphatic carbocycles. The third kappa shape index (κ3) is 3.05. The Bertz CT molecular complexity index is 1090. The van der Waals surface area contributed by atoms with Gasteiger partial charge in [-0.25, -0.2) is 9.78 Å². The molecule has 142 valence electrons. The zero-order valence-electron chi connectivity index (χ0n) is 15.1. The normalized spacial score (nSPS) is 17.6. The van der Waals surface area contributed by atoms with Crippen molar-refractivity contribution in [1.29, 1.82) is 0 Å². The summed E-state index contributed by atoms with van der Waals surface area (Å²) in [6.45, 7) is 0.356. The highest BCUT2D eigenvalue weighted by atomic mass is 16.4. The lowest BCUT2D eigenvalue weighted by Gasteiger charge is -2.28. The Morgan fingerprint density at radius 2 is 1.79 bits per heavy atom. The van der Waals surface area contributed by atoms with Crippen molar-refractivity contribution in [3.05, 3.63) is 76.8 Å². The Morgan fingerprint density at radius 3 is 2.54 bits per heavy atom. The molecule has 3 aromatic rings. The number of amides is 1. The topological polar surface area (TPSA) is 92.5 Å². The average Bonchev–Trinajstić information content (AvgIpc) is 3.21. The van der Waals surface area contributed by atoms with Crippen molar-refractivity contribution in [3.63, 3.8) is 0 Å². The molecule has 0 unspecified atom stereocenters. The summed E-state index contributed by atoms with van der Waals surface area (Å²) in [5, 5.41) is 9.89. The zero-order chi connectivity index (χ0) is 19.7. The maximum absolute atomic E-state index is 13.4. The zero-order valence-corrected chi connectivity index (χ0v) is 15.1. The summed E-state index contributed by atoms with van der Waals surface area (Å²) in [5.41, 5.74) is 0.828. The smallest absolute Gasteiger partial charge is 0.326 e. The molecule has 0 saturated carbocycles. The first-order valence-electron chi connectivity index (χ1n) is 9.12. The Hall–Kier alpha value is -3.48. The minimum absolute atomic E-state index is 0.334. The van der Waals surface area contributed by atoms with Gasteiger partial charge in [-0.05, 0) is 30.5 Å². The molecule has 1 saturated heterocycles. The van der Waals surface area contributed by atoms with Gasteiger partial charge in [-0.3, -0.25) is 14.2 Å².